The fourth-order valence-electron chi connectivity index (χ4n) is 3.29. The predicted molar refractivity (Wildman–Crippen MR) is 93.0 cm³/mol. The zero-order valence-electron chi connectivity index (χ0n) is 14.2. The molecule has 24 heavy (non-hydrogen) atoms. The highest BCUT2D eigenvalue weighted by Crippen LogP contribution is 2.32. The van der Waals surface area contributed by atoms with Gasteiger partial charge < -0.3 is 5.32 Å². The monoisotopic (exact) mass is 332 g/mol. The number of hydrogen-bond donors (Lipinski definition) is 3. The van der Waals surface area contributed by atoms with Gasteiger partial charge in [-0.3, -0.25) is 14.8 Å². The molecule has 0 bridgehead atoms. The number of amides is 2. The van der Waals surface area contributed by atoms with Crippen molar-refractivity contribution in [2.45, 2.75) is 63.7 Å². The zero-order valence-corrected chi connectivity index (χ0v) is 14.2. The van der Waals surface area contributed by atoms with Crippen molar-refractivity contribution in [3.63, 3.8) is 0 Å². The van der Waals surface area contributed by atoms with Gasteiger partial charge in [-0.2, -0.15) is 0 Å². The summed E-state index contributed by atoms with van der Waals surface area (Å²) in [5.74, 6) is 0.252. The lowest BCUT2D eigenvalue weighted by atomic mass is 9.84. The van der Waals surface area contributed by atoms with Crippen LogP contribution in [0.4, 0.5) is 0 Å². The molecule has 0 radical (unpaired) electrons. The van der Waals surface area contributed by atoms with Crippen molar-refractivity contribution >= 4 is 11.8 Å². The number of carbonyl (C=O) groups is 2. The summed E-state index contributed by atoms with van der Waals surface area (Å²) in [6, 6.07) is 8.03. The van der Waals surface area contributed by atoms with Crippen LogP contribution in [0, 0.1) is 0 Å². The molecule has 0 spiro atoms. The van der Waals surface area contributed by atoms with E-state index in [1.807, 2.05) is 12.1 Å². The number of unbranched alkanes of at least 4 members (excludes halogenated alkanes) is 2. The molecule has 0 saturated heterocycles. The number of rotatable bonds is 8. The van der Waals surface area contributed by atoms with Crippen LogP contribution in [0.3, 0.4) is 0 Å². The van der Waals surface area contributed by atoms with Crippen LogP contribution in [0.1, 0.15) is 79.6 Å². The molecule has 2 amide bonds. The highest BCUT2D eigenvalue weighted by atomic mass is 16.5. The third-order valence-corrected chi connectivity index (χ3v) is 4.74. The minimum atomic E-state index is -0.364. The van der Waals surface area contributed by atoms with Crippen molar-refractivity contribution in [1.82, 2.24) is 10.8 Å². The Morgan fingerprint density at radius 1 is 1.00 bits per heavy atom. The molecule has 0 heterocycles. The Balaban J connectivity index is 1.67. The predicted octanol–water partition coefficient (Wildman–Crippen LogP) is 3.53. The first-order valence-corrected chi connectivity index (χ1v) is 9.02. The Labute approximate surface area is 143 Å². The van der Waals surface area contributed by atoms with E-state index < -0.39 is 0 Å². The number of hydroxylamine groups is 1. The van der Waals surface area contributed by atoms with Gasteiger partial charge in [0.2, 0.25) is 5.91 Å². The standard InChI is InChI=1S/C19H28N2O3/c22-18(21-24)9-5-2-6-14-20-19(23)17-12-10-16(11-13-17)15-7-3-1-4-8-15/h10-13,15,24H,1-9,14H2,(H,20,23)(H,21,22). The van der Waals surface area contributed by atoms with E-state index in [-0.39, 0.29) is 11.8 Å². The molecular formula is C19H28N2O3. The summed E-state index contributed by atoms with van der Waals surface area (Å²) >= 11 is 0. The van der Waals surface area contributed by atoms with Gasteiger partial charge in [0.05, 0.1) is 0 Å². The highest BCUT2D eigenvalue weighted by Gasteiger charge is 2.15. The average molecular weight is 332 g/mol. The maximum Gasteiger partial charge on any atom is 0.251 e. The number of hydrogen-bond acceptors (Lipinski definition) is 3. The molecule has 5 nitrogen and oxygen atoms in total. The number of nitrogens with one attached hydrogen (secondary N) is 2. The molecule has 0 aromatic heterocycles. The molecule has 0 aliphatic heterocycles. The third-order valence-electron chi connectivity index (χ3n) is 4.74. The summed E-state index contributed by atoms with van der Waals surface area (Å²) in [5, 5.41) is 11.3. The first kappa shape index (κ1) is 18.5. The van der Waals surface area contributed by atoms with Crippen LogP contribution in [0.2, 0.25) is 0 Å². The van der Waals surface area contributed by atoms with Gasteiger partial charge in [-0.15, -0.1) is 0 Å². The van der Waals surface area contributed by atoms with Gasteiger partial charge in [0, 0.05) is 18.5 Å². The fourth-order valence-corrected chi connectivity index (χ4v) is 3.29. The van der Waals surface area contributed by atoms with E-state index in [2.05, 4.69) is 17.4 Å². The third kappa shape index (κ3) is 5.96. The second-order valence-corrected chi connectivity index (χ2v) is 6.56. The molecule has 1 aliphatic rings. The van der Waals surface area contributed by atoms with Gasteiger partial charge in [0.1, 0.15) is 0 Å². The summed E-state index contributed by atoms with van der Waals surface area (Å²) < 4.78 is 0. The Kier molecular flexibility index (Phi) is 7.75. The summed E-state index contributed by atoms with van der Waals surface area (Å²) in [7, 11) is 0. The van der Waals surface area contributed by atoms with Crippen molar-refractivity contribution < 1.29 is 14.8 Å². The van der Waals surface area contributed by atoms with Crippen LogP contribution in [-0.2, 0) is 4.79 Å². The second-order valence-electron chi connectivity index (χ2n) is 6.56. The van der Waals surface area contributed by atoms with Crippen LogP contribution in [0.15, 0.2) is 24.3 Å². The van der Waals surface area contributed by atoms with Gasteiger partial charge in [0.15, 0.2) is 0 Å². The number of carbonyl (C=O) groups excluding carboxylic acids is 2. The summed E-state index contributed by atoms with van der Waals surface area (Å²) in [6.45, 7) is 0.601. The van der Waals surface area contributed by atoms with Crippen LogP contribution in [-0.4, -0.2) is 23.6 Å². The average Bonchev–Trinajstić information content (AvgIpc) is 2.65. The first-order valence-electron chi connectivity index (χ1n) is 9.02. The minimum Gasteiger partial charge on any atom is -0.352 e. The summed E-state index contributed by atoms with van der Waals surface area (Å²) in [4.78, 5) is 23.0. The molecule has 1 aliphatic carbocycles. The smallest absolute Gasteiger partial charge is 0.251 e. The SMILES string of the molecule is O=C(CCCCCNC(=O)c1ccc(C2CCCCC2)cc1)NO. The van der Waals surface area contributed by atoms with Gasteiger partial charge in [0.25, 0.3) is 5.91 Å². The molecule has 2 rings (SSSR count). The normalized spacial score (nSPS) is 15.0. The molecular weight excluding hydrogens is 304 g/mol. The van der Waals surface area contributed by atoms with Gasteiger partial charge in [-0.25, -0.2) is 5.48 Å². The molecule has 1 aromatic carbocycles. The van der Waals surface area contributed by atoms with E-state index in [4.69, 9.17) is 5.21 Å². The summed E-state index contributed by atoms with van der Waals surface area (Å²) in [6.07, 6.45) is 9.19. The van der Waals surface area contributed by atoms with E-state index in [0.29, 0.717) is 30.9 Å². The van der Waals surface area contributed by atoms with Crippen LogP contribution in [0.5, 0.6) is 0 Å². The van der Waals surface area contributed by atoms with Crippen LogP contribution >= 0.6 is 0 Å². The maximum absolute atomic E-state index is 12.1. The first-order chi connectivity index (χ1) is 11.7. The zero-order chi connectivity index (χ0) is 17.2. The molecule has 3 N–H and O–H groups in total. The Bertz CT molecular complexity index is 522. The molecule has 0 atom stereocenters. The van der Waals surface area contributed by atoms with Crippen molar-refractivity contribution in [1.29, 1.82) is 0 Å². The highest BCUT2D eigenvalue weighted by molar-refractivity contribution is 5.94. The lowest BCUT2D eigenvalue weighted by Crippen LogP contribution is -2.24. The van der Waals surface area contributed by atoms with E-state index in [0.717, 1.165) is 12.8 Å². The molecule has 1 aromatic rings. The Morgan fingerprint density at radius 2 is 1.71 bits per heavy atom. The van der Waals surface area contributed by atoms with Gasteiger partial charge >= 0.3 is 0 Å². The van der Waals surface area contributed by atoms with Crippen molar-refractivity contribution in [2.75, 3.05) is 6.54 Å². The van der Waals surface area contributed by atoms with Gasteiger partial charge in [-0.05, 0) is 49.3 Å². The van der Waals surface area contributed by atoms with Gasteiger partial charge in [-0.1, -0.05) is 37.8 Å². The maximum atomic E-state index is 12.1. The largest absolute Gasteiger partial charge is 0.352 e. The second kappa shape index (κ2) is 10.1. The molecule has 5 heteroatoms. The Morgan fingerprint density at radius 3 is 2.38 bits per heavy atom. The van der Waals surface area contributed by atoms with E-state index in [1.165, 1.54) is 37.7 Å². The fraction of sp³-hybridized carbons (Fsp3) is 0.579. The van der Waals surface area contributed by atoms with Crippen molar-refractivity contribution in [3.05, 3.63) is 35.4 Å². The number of benzene rings is 1. The van der Waals surface area contributed by atoms with E-state index >= 15 is 0 Å². The van der Waals surface area contributed by atoms with Crippen LogP contribution < -0.4 is 10.8 Å². The van der Waals surface area contributed by atoms with Crippen molar-refractivity contribution in [2.24, 2.45) is 0 Å². The van der Waals surface area contributed by atoms with Crippen molar-refractivity contribution in [3.8, 4) is 0 Å². The van der Waals surface area contributed by atoms with E-state index in [9.17, 15) is 9.59 Å². The molecule has 0 unspecified atom stereocenters. The molecule has 132 valence electrons. The summed E-state index contributed by atoms with van der Waals surface area (Å²) in [5.41, 5.74) is 3.67. The Hall–Kier alpha value is -1.88. The van der Waals surface area contributed by atoms with E-state index in [1.54, 1.807) is 5.48 Å². The lowest BCUT2D eigenvalue weighted by molar-refractivity contribution is -0.129. The molecule has 1 saturated carbocycles. The minimum absolute atomic E-state index is 0.0432. The topological polar surface area (TPSA) is 78.4 Å². The molecule has 1 fully saturated rings. The van der Waals surface area contributed by atoms with Crippen LogP contribution in [0.25, 0.3) is 0 Å². The quantitative estimate of drug-likeness (QED) is 0.387. The lowest BCUT2D eigenvalue weighted by Gasteiger charge is -2.22.